The van der Waals surface area contributed by atoms with E-state index in [1.54, 1.807) is 35.6 Å². The minimum Gasteiger partial charge on any atom is -0.320 e. The summed E-state index contributed by atoms with van der Waals surface area (Å²) in [4.78, 5) is 19.2. The predicted octanol–water partition coefficient (Wildman–Crippen LogP) is 2.58. The van der Waals surface area contributed by atoms with Gasteiger partial charge in [0, 0.05) is 16.3 Å². The van der Waals surface area contributed by atoms with E-state index >= 15 is 0 Å². The second kappa shape index (κ2) is 14.4. The first-order chi connectivity index (χ1) is 21.7. The van der Waals surface area contributed by atoms with Gasteiger partial charge in [-0.3, -0.25) is 4.79 Å². The maximum atomic E-state index is 14.1. The smallest absolute Gasteiger partial charge is 0.279 e. The number of benzene rings is 5. The van der Waals surface area contributed by atoms with Crippen LogP contribution in [0.3, 0.4) is 0 Å². The lowest BCUT2D eigenvalue weighted by Gasteiger charge is -2.26. The van der Waals surface area contributed by atoms with Crippen molar-refractivity contribution in [3.63, 3.8) is 0 Å². The third-order valence-corrected chi connectivity index (χ3v) is 13.0. The summed E-state index contributed by atoms with van der Waals surface area (Å²) >= 11 is 7.71. The number of nitrogens with one attached hydrogen (secondary N) is 1. The quantitative estimate of drug-likeness (QED) is 0.259. The molecule has 226 valence electrons. The molecule has 0 radical (unpaired) electrons. The molecule has 5 aromatic carbocycles. The topological polar surface area (TPSA) is 134 Å². The molecule has 0 aliphatic heterocycles. The van der Waals surface area contributed by atoms with Crippen molar-refractivity contribution in [2.24, 2.45) is 0 Å². The summed E-state index contributed by atoms with van der Waals surface area (Å²) in [5.41, 5.74) is 2.08. The van der Waals surface area contributed by atoms with E-state index in [-0.39, 0.29) is 5.91 Å². The van der Waals surface area contributed by atoms with Crippen LogP contribution < -0.4 is 44.5 Å². The Labute approximate surface area is 272 Å². The second-order valence-electron chi connectivity index (χ2n) is 9.56. The number of aromatic nitrogens is 1. The zero-order valence-corrected chi connectivity index (χ0v) is 26.7. The molecular formula is C34H25Cl2N2O5PS. The molecule has 1 N–H and O–H groups in total. The van der Waals surface area contributed by atoms with Crippen LogP contribution in [0.1, 0.15) is 10.5 Å². The molecule has 1 aromatic heterocycles. The van der Waals surface area contributed by atoms with Crippen LogP contribution in [0.4, 0.5) is 5.69 Å². The van der Waals surface area contributed by atoms with Gasteiger partial charge in [0.25, 0.3) is 5.91 Å². The van der Waals surface area contributed by atoms with Crippen LogP contribution in [0, 0.1) is 10.2 Å². The van der Waals surface area contributed by atoms with Gasteiger partial charge in [0.15, 0.2) is 17.6 Å². The summed E-state index contributed by atoms with van der Waals surface area (Å²) in [5, 5.41) is 7.99. The maximum absolute atomic E-state index is 14.1. The standard InChI is InChI=1S/C34H24ClN2OPS.ClHO4/c35-26-21-23-27(24-22-26)36-32(38)31-34(40-33(37-31)25-13-5-1-6-14-25)39(28-15-7-2-8-16-28,29-17-9-3-10-18-29)30-19-11-4-12-20-30;2-1(3,4)5/h1-24H;(H,2,3,4,5). The molecule has 0 atom stereocenters. The highest BCUT2D eigenvalue weighted by Crippen LogP contribution is 2.56. The number of halogens is 2. The number of carbonyl (C=O) groups excluding carboxylic acids is 1. The highest BCUT2D eigenvalue weighted by molar-refractivity contribution is 8.04. The highest BCUT2D eigenvalue weighted by Gasteiger charge is 2.52. The Bertz CT molecular complexity index is 1740. The van der Waals surface area contributed by atoms with E-state index in [1.807, 2.05) is 48.5 Å². The van der Waals surface area contributed by atoms with Gasteiger partial charge >= 0.3 is 0 Å². The van der Waals surface area contributed by atoms with E-state index in [4.69, 9.17) is 35.2 Å². The van der Waals surface area contributed by atoms with Gasteiger partial charge in [-0.15, -0.1) is 10.2 Å². The molecule has 7 nitrogen and oxygen atoms in total. The lowest BCUT2D eigenvalue weighted by atomic mass is 10.2. The summed E-state index contributed by atoms with van der Waals surface area (Å²) in [6, 6.07) is 48.8. The fourth-order valence-corrected chi connectivity index (χ4v) is 11.5. The van der Waals surface area contributed by atoms with Crippen LogP contribution in [-0.4, -0.2) is 10.9 Å². The first-order valence-electron chi connectivity index (χ1n) is 13.5. The minimum absolute atomic E-state index is 0.247. The van der Waals surface area contributed by atoms with Crippen LogP contribution >= 0.6 is 30.2 Å². The number of amides is 1. The molecule has 6 aromatic rings. The molecule has 0 bridgehead atoms. The fourth-order valence-electron chi connectivity index (χ4n) is 4.87. The summed E-state index contributed by atoms with van der Waals surface area (Å²) in [5.74, 6) is -0.247. The van der Waals surface area contributed by atoms with Gasteiger partial charge < -0.3 is 5.32 Å². The molecule has 0 aliphatic carbocycles. The van der Waals surface area contributed by atoms with Crippen molar-refractivity contribution in [1.29, 1.82) is 0 Å². The average Bonchev–Trinajstić information content (AvgIpc) is 3.50. The van der Waals surface area contributed by atoms with Gasteiger partial charge in [-0.05, 0) is 60.7 Å². The van der Waals surface area contributed by atoms with Crippen LogP contribution in [0.2, 0.25) is 5.02 Å². The van der Waals surface area contributed by atoms with Crippen molar-refractivity contribution in [3.05, 3.63) is 156 Å². The molecule has 0 saturated carbocycles. The number of carbonyl (C=O) groups is 1. The Kier molecular flexibility index (Phi) is 10.4. The van der Waals surface area contributed by atoms with E-state index in [2.05, 4.69) is 78.1 Å². The fraction of sp³-hybridized carbons (Fsp3) is 0. The van der Waals surface area contributed by atoms with Gasteiger partial charge in [0.2, 0.25) is 0 Å². The van der Waals surface area contributed by atoms with Crippen LogP contribution in [0.25, 0.3) is 10.6 Å². The molecule has 45 heavy (non-hydrogen) atoms. The normalized spacial score (nSPS) is 11.3. The van der Waals surface area contributed by atoms with Gasteiger partial charge in [-0.25, -0.2) is 23.6 Å². The molecule has 1 amide bonds. The first-order valence-corrected chi connectivity index (χ1v) is 17.7. The summed E-state index contributed by atoms with van der Waals surface area (Å²) in [6.07, 6.45) is 0. The SMILES string of the molecule is O=C(Nc1ccc(Cl)cc1)c1nc(-c2ccccc2)sc1[P+](c1ccccc1)(c1ccccc1)c1ccccc1.[O-][Cl+3]([O-])([O-])[O-]. The van der Waals surface area contributed by atoms with Crippen molar-refractivity contribution < 1.29 is 33.7 Å². The lowest BCUT2D eigenvalue weighted by Crippen LogP contribution is -2.68. The number of rotatable bonds is 7. The lowest BCUT2D eigenvalue weighted by molar-refractivity contribution is -2.00. The van der Waals surface area contributed by atoms with Gasteiger partial charge in [0.05, 0.1) is 0 Å². The van der Waals surface area contributed by atoms with Gasteiger partial charge in [-0.1, -0.05) is 108 Å². The van der Waals surface area contributed by atoms with E-state index in [9.17, 15) is 4.79 Å². The van der Waals surface area contributed by atoms with E-state index in [0.29, 0.717) is 16.4 Å². The first kappa shape index (κ1) is 32.4. The summed E-state index contributed by atoms with van der Waals surface area (Å²) in [6.45, 7) is 0. The Morgan fingerprint density at radius 2 is 1.04 bits per heavy atom. The molecule has 1 heterocycles. The molecule has 11 heteroatoms. The average molecular weight is 676 g/mol. The number of hydrogen-bond donors (Lipinski definition) is 1. The molecule has 0 spiro atoms. The van der Waals surface area contributed by atoms with E-state index in [1.165, 1.54) is 0 Å². The maximum Gasteiger partial charge on any atom is 0.279 e. The second-order valence-corrected chi connectivity index (χ2v) is 15.4. The van der Waals surface area contributed by atoms with Crippen molar-refractivity contribution in [1.82, 2.24) is 4.98 Å². The van der Waals surface area contributed by atoms with Crippen molar-refractivity contribution >= 4 is 62.3 Å². The Morgan fingerprint density at radius 1 is 0.644 bits per heavy atom. The minimum atomic E-state index is -4.94. The third kappa shape index (κ3) is 7.83. The van der Waals surface area contributed by atoms with Crippen molar-refractivity contribution in [2.75, 3.05) is 5.32 Å². The van der Waals surface area contributed by atoms with E-state index in [0.717, 1.165) is 31.1 Å². The number of anilines is 1. The molecule has 6 rings (SSSR count). The molecule has 0 saturated heterocycles. The Morgan fingerprint density at radius 3 is 1.47 bits per heavy atom. The number of hydrogen-bond acceptors (Lipinski definition) is 7. The van der Waals surface area contributed by atoms with E-state index < -0.39 is 17.5 Å². The highest BCUT2D eigenvalue weighted by atomic mass is 35.7. The number of nitrogens with zero attached hydrogens (tertiary/aromatic N) is 1. The largest absolute Gasteiger partial charge is 0.320 e. The van der Waals surface area contributed by atoms with Gasteiger partial charge in [-0.2, -0.15) is 0 Å². The monoisotopic (exact) mass is 674 g/mol. The predicted molar refractivity (Wildman–Crippen MR) is 172 cm³/mol. The molecular weight excluding hydrogens is 650 g/mol. The molecule has 0 unspecified atom stereocenters. The summed E-state index contributed by atoms with van der Waals surface area (Å²) < 4.78 is 34.9. The zero-order valence-electron chi connectivity index (χ0n) is 23.5. The van der Waals surface area contributed by atoms with Crippen LogP contribution in [-0.2, 0) is 0 Å². The van der Waals surface area contributed by atoms with Crippen LogP contribution in [0.5, 0.6) is 0 Å². The van der Waals surface area contributed by atoms with Crippen molar-refractivity contribution in [3.8, 4) is 10.6 Å². The Hall–Kier alpha value is -3.95. The Balaban J connectivity index is 0.000000743. The molecule has 0 fully saturated rings. The molecule has 0 aliphatic rings. The zero-order chi connectivity index (χ0) is 31.9. The van der Waals surface area contributed by atoms with Gasteiger partial charge in [0.1, 0.15) is 20.9 Å². The van der Waals surface area contributed by atoms with Crippen LogP contribution in [0.15, 0.2) is 146 Å². The van der Waals surface area contributed by atoms with Crippen molar-refractivity contribution in [2.45, 2.75) is 0 Å². The summed E-state index contributed by atoms with van der Waals surface area (Å²) in [7, 11) is -7.48. The third-order valence-electron chi connectivity index (χ3n) is 6.68. The number of thiazole rings is 1.